The molecule has 0 amide bonds. The van der Waals surface area contributed by atoms with Crippen molar-refractivity contribution in [3.63, 3.8) is 0 Å². The maximum absolute atomic E-state index is 12.9. The Balaban J connectivity index is 4.41. The lowest BCUT2D eigenvalue weighted by atomic mass is 10.1. The number of unbranched alkanes of at least 4 members (excludes halogenated alkanes) is 35. The highest BCUT2D eigenvalue weighted by Crippen LogP contribution is 2.16. The summed E-state index contributed by atoms with van der Waals surface area (Å²) in [5.74, 6) is -0.895. The molecular formula is C68H120O6. The van der Waals surface area contributed by atoms with Gasteiger partial charge in [-0.05, 0) is 116 Å². The van der Waals surface area contributed by atoms with Crippen LogP contribution in [0.5, 0.6) is 0 Å². The van der Waals surface area contributed by atoms with Gasteiger partial charge in [-0.25, -0.2) is 0 Å². The van der Waals surface area contributed by atoms with Crippen molar-refractivity contribution in [2.24, 2.45) is 0 Å². The van der Waals surface area contributed by atoms with Gasteiger partial charge in [0.05, 0.1) is 0 Å². The first-order valence-electron chi connectivity index (χ1n) is 31.9. The molecule has 0 bridgehead atoms. The van der Waals surface area contributed by atoms with E-state index in [0.29, 0.717) is 19.3 Å². The molecule has 74 heavy (non-hydrogen) atoms. The molecule has 0 aromatic rings. The molecule has 1 unspecified atom stereocenters. The van der Waals surface area contributed by atoms with Crippen molar-refractivity contribution in [3.8, 4) is 0 Å². The van der Waals surface area contributed by atoms with Gasteiger partial charge in [-0.15, -0.1) is 0 Å². The van der Waals surface area contributed by atoms with Crippen LogP contribution in [0.3, 0.4) is 0 Å². The lowest BCUT2D eigenvalue weighted by molar-refractivity contribution is -0.167. The van der Waals surface area contributed by atoms with Gasteiger partial charge >= 0.3 is 17.9 Å². The highest BCUT2D eigenvalue weighted by molar-refractivity contribution is 5.71. The highest BCUT2D eigenvalue weighted by atomic mass is 16.6. The topological polar surface area (TPSA) is 78.9 Å². The fourth-order valence-electron chi connectivity index (χ4n) is 9.06. The standard InChI is InChI=1S/C68H120O6/c1-4-7-10-13-16-19-22-25-28-31-33-34-35-38-40-43-46-49-52-55-58-61-67(70)73-64-65(63-72-66(69)60-57-54-51-48-45-42-39-36-30-27-24-21-18-15-12-9-6-3)74-68(71)62-59-56-53-50-47-44-41-37-32-29-26-23-20-17-14-11-8-5-2/h18,21-22,25,27,29-33,35,38,65H,4-17,19-20,23-24,26,28,34,36-37,39-64H2,1-3H3/b21-18-,25-22-,30-27-,32-29-,33-31-,38-35-. The van der Waals surface area contributed by atoms with Crippen LogP contribution in [0, 0.1) is 0 Å². The largest absolute Gasteiger partial charge is 0.462 e. The van der Waals surface area contributed by atoms with Gasteiger partial charge in [0.2, 0.25) is 0 Å². The number of rotatable bonds is 58. The summed E-state index contributed by atoms with van der Waals surface area (Å²) in [4.78, 5) is 38.3. The molecular weight excluding hydrogens is 913 g/mol. The molecule has 0 fully saturated rings. The van der Waals surface area contributed by atoms with E-state index in [-0.39, 0.29) is 31.1 Å². The van der Waals surface area contributed by atoms with Crippen molar-refractivity contribution in [1.29, 1.82) is 0 Å². The first kappa shape index (κ1) is 70.8. The Morgan fingerprint density at radius 3 is 0.797 bits per heavy atom. The van der Waals surface area contributed by atoms with Crippen LogP contribution in [0.25, 0.3) is 0 Å². The molecule has 6 nitrogen and oxygen atoms in total. The Kier molecular flexibility index (Phi) is 59.7. The number of carbonyl (C=O) groups excluding carboxylic acids is 3. The molecule has 0 aromatic heterocycles. The van der Waals surface area contributed by atoms with Crippen LogP contribution in [0.1, 0.15) is 323 Å². The molecule has 0 rings (SSSR count). The average Bonchev–Trinajstić information content (AvgIpc) is 3.40. The van der Waals surface area contributed by atoms with E-state index < -0.39 is 6.10 Å². The van der Waals surface area contributed by atoms with Gasteiger partial charge in [0.15, 0.2) is 6.10 Å². The van der Waals surface area contributed by atoms with E-state index in [1.165, 1.54) is 193 Å². The second-order valence-corrected chi connectivity index (χ2v) is 21.3. The third-order valence-corrected chi connectivity index (χ3v) is 13.9. The Morgan fingerprint density at radius 2 is 0.486 bits per heavy atom. The minimum Gasteiger partial charge on any atom is -0.462 e. The second-order valence-electron chi connectivity index (χ2n) is 21.3. The fourth-order valence-corrected chi connectivity index (χ4v) is 9.06. The van der Waals surface area contributed by atoms with Crippen LogP contribution in [0.2, 0.25) is 0 Å². The Labute approximate surface area is 459 Å². The van der Waals surface area contributed by atoms with Gasteiger partial charge in [-0.3, -0.25) is 14.4 Å². The van der Waals surface area contributed by atoms with Crippen molar-refractivity contribution in [3.05, 3.63) is 72.9 Å². The van der Waals surface area contributed by atoms with Gasteiger partial charge in [0, 0.05) is 19.3 Å². The highest BCUT2D eigenvalue weighted by Gasteiger charge is 2.19. The van der Waals surface area contributed by atoms with Gasteiger partial charge < -0.3 is 14.2 Å². The normalized spacial score (nSPS) is 12.5. The van der Waals surface area contributed by atoms with Crippen LogP contribution >= 0.6 is 0 Å². The van der Waals surface area contributed by atoms with Gasteiger partial charge in [0.25, 0.3) is 0 Å². The quantitative estimate of drug-likeness (QED) is 0.0261. The minimum atomic E-state index is -0.788. The van der Waals surface area contributed by atoms with Gasteiger partial charge in [-0.2, -0.15) is 0 Å². The Bertz CT molecular complexity index is 1370. The molecule has 0 radical (unpaired) electrons. The summed E-state index contributed by atoms with van der Waals surface area (Å²) in [5.41, 5.74) is 0. The van der Waals surface area contributed by atoms with Crippen molar-refractivity contribution in [2.45, 2.75) is 329 Å². The molecule has 0 aliphatic rings. The van der Waals surface area contributed by atoms with E-state index in [4.69, 9.17) is 14.2 Å². The van der Waals surface area contributed by atoms with Gasteiger partial charge in [-0.1, -0.05) is 261 Å². The Hall–Kier alpha value is -3.15. The molecule has 0 N–H and O–H groups in total. The SMILES string of the molecule is CCCCC/C=C\C/C=C\CCCCCCCCCC(=O)OCC(COC(=O)CCCCCCCC/C=C\C/C=C\C/C=C\CCCCCCC)OC(=O)CCCCCCCCC/C=C\CCCCCCCCC. The van der Waals surface area contributed by atoms with Crippen LogP contribution in [0.15, 0.2) is 72.9 Å². The van der Waals surface area contributed by atoms with E-state index in [1.54, 1.807) is 0 Å². The Morgan fingerprint density at radius 1 is 0.270 bits per heavy atom. The molecule has 428 valence electrons. The number of hydrogen-bond acceptors (Lipinski definition) is 6. The zero-order valence-electron chi connectivity index (χ0n) is 49.1. The zero-order valence-corrected chi connectivity index (χ0v) is 49.1. The number of ether oxygens (including phenoxy) is 3. The smallest absolute Gasteiger partial charge is 0.306 e. The summed E-state index contributed by atoms with van der Waals surface area (Å²) in [6.45, 7) is 6.62. The number of carbonyl (C=O) groups is 3. The summed E-state index contributed by atoms with van der Waals surface area (Å²) in [6.07, 6.45) is 80.4. The zero-order chi connectivity index (χ0) is 53.6. The molecule has 6 heteroatoms. The molecule has 0 aromatic carbocycles. The maximum Gasteiger partial charge on any atom is 0.306 e. The number of esters is 3. The lowest BCUT2D eigenvalue weighted by Gasteiger charge is -2.18. The van der Waals surface area contributed by atoms with Crippen molar-refractivity contribution >= 4 is 17.9 Å². The molecule has 1 atom stereocenters. The van der Waals surface area contributed by atoms with Crippen LogP contribution < -0.4 is 0 Å². The van der Waals surface area contributed by atoms with Gasteiger partial charge in [0.1, 0.15) is 13.2 Å². The summed E-state index contributed by atoms with van der Waals surface area (Å²) in [6, 6.07) is 0. The summed E-state index contributed by atoms with van der Waals surface area (Å²) in [5, 5.41) is 0. The van der Waals surface area contributed by atoms with Crippen LogP contribution in [-0.2, 0) is 28.6 Å². The van der Waals surface area contributed by atoms with E-state index in [0.717, 1.165) is 89.9 Å². The van der Waals surface area contributed by atoms with Crippen molar-refractivity contribution < 1.29 is 28.6 Å². The second kappa shape index (κ2) is 62.4. The predicted octanol–water partition coefficient (Wildman–Crippen LogP) is 21.7. The summed E-state index contributed by atoms with van der Waals surface area (Å²) >= 11 is 0. The molecule has 0 saturated heterocycles. The molecule has 0 spiro atoms. The van der Waals surface area contributed by atoms with Crippen LogP contribution in [0.4, 0.5) is 0 Å². The lowest BCUT2D eigenvalue weighted by Crippen LogP contribution is -2.30. The molecule has 0 saturated carbocycles. The van der Waals surface area contributed by atoms with E-state index in [2.05, 4.69) is 93.7 Å². The fraction of sp³-hybridized carbons (Fsp3) is 0.779. The molecule has 0 heterocycles. The number of allylic oxidation sites excluding steroid dienone is 12. The predicted molar refractivity (Wildman–Crippen MR) is 321 cm³/mol. The van der Waals surface area contributed by atoms with E-state index in [9.17, 15) is 14.4 Å². The summed E-state index contributed by atoms with van der Waals surface area (Å²) in [7, 11) is 0. The first-order valence-corrected chi connectivity index (χ1v) is 31.9. The third kappa shape index (κ3) is 59.7. The molecule has 0 aliphatic heterocycles. The first-order chi connectivity index (χ1) is 36.5. The average molecular weight is 1030 g/mol. The maximum atomic E-state index is 12.9. The van der Waals surface area contributed by atoms with E-state index >= 15 is 0 Å². The molecule has 0 aliphatic carbocycles. The van der Waals surface area contributed by atoms with Crippen LogP contribution in [-0.4, -0.2) is 37.2 Å². The monoisotopic (exact) mass is 1030 g/mol. The summed E-state index contributed by atoms with van der Waals surface area (Å²) < 4.78 is 16.9. The van der Waals surface area contributed by atoms with Crippen molar-refractivity contribution in [1.82, 2.24) is 0 Å². The van der Waals surface area contributed by atoms with E-state index in [1.807, 2.05) is 0 Å². The van der Waals surface area contributed by atoms with Crippen molar-refractivity contribution in [2.75, 3.05) is 13.2 Å². The minimum absolute atomic E-state index is 0.0846. The number of hydrogen-bond donors (Lipinski definition) is 0. The third-order valence-electron chi connectivity index (χ3n) is 13.9.